The van der Waals surface area contributed by atoms with Crippen LogP contribution in [0.4, 0.5) is 0 Å². The fourth-order valence-electron chi connectivity index (χ4n) is 2.79. The van der Waals surface area contributed by atoms with E-state index < -0.39 is 5.97 Å². The zero-order chi connectivity index (χ0) is 20.1. The second-order valence-electron chi connectivity index (χ2n) is 6.04. The van der Waals surface area contributed by atoms with Crippen LogP contribution in [-0.2, 0) is 22.5 Å². The Bertz CT molecular complexity index is 1030. The van der Waals surface area contributed by atoms with Crippen LogP contribution in [0.1, 0.15) is 23.1 Å². The van der Waals surface area contributed by atoms with Crippen molar-refractivity contribution >= 4 is 23.0 Å². The standard InChI is InChI=1S/C20H21N3O4S/c1-13(21-12-16-5-4-10-28-16)19-17(11-18(24)27-3)22-23(20(19)25)14-6-8-15(26-2)9-7-14/h4-10,22H,11-12H2,1-3H3. The number of rotatable bonds is 7. The number of carbonyl (C=O) groups excluding carboxylic acids is 1. The Hall–Kier alpha value is -3.13. The highest BCUT2D eigenvalue weighted by Gasteiger charge is 2.20. The van der Waals surface area contributed by atoms with Crippen LogP contribution in [0.3, 0.4) is 0 Å². The average molecular weight is 399 g/mol. The lowest BCUT2D eigenvalue weighted by Crippen LogP contribution is -2.20. The van der Waals surface area contributed by atoms with Crippen LogP contribution in [-0.4, -0.2) is 35.7 Å². The number of carbonyl (C=O) groups is 1. The topological polar surface area (TPSA) is 85.7 Å². The van der Waals surface area contributed by atoms with Gasteiger partial charge in [-0.3, -0.25) is 19.7 Å². The van der Waals surface area contributed by atoms with Gasteiger partial charge in [-0.1, -0.05) is 6.07 Å². The molecule has 0 aliphatic rings. The van der Waals surface area contributed by atoms with Gasteiger partial charge in [-0.25, -0.2) is 4.68 Å². The lowest BCUT2D eigenvalue weighted by molar-refractivity contribution is -0.139. The molecule has 0 saturated heterocycles. The van der Waals surface area contributed by atoms with Crippen LogP contribution < -0.4 is 10.3 Å². The van der Waals surface area contributed by atoms with E-state index in [9.17, 15) is 9.59 Å². The van der Waals surface area contributed by atoms with Crippen molar-refractivity contribution in [3.8, 4) is 11.4 Å². The van der Waals surface area contributed by atoms with Crippen molar-refractivity contribution in [1.82, 2.24) is 9.78 Å². The lowest BCUT2D eigenvalue weighted by atomic mass is 10.1. The lowest BCUT2D eigenvalue weighted by Gasteiger charge is -2.03. The number of esters is 1. The fraction of sp³-hybridized carbons (Fsp3) is 0.250. The number of H-pyrrole nitrogens is 1. The molecule has 1 N–H and O–H groups in total. The molecule has 0 saturated carbocycles. The number of benzene rings is 1. The Kier molecular flexibility index (Phi) is 6.10. The minimum atomic E-state index is -0.435. The van der Waals surface area contributed by atoms with E-state index >= 15 is 0 Å². The highest BCUT2D eigenvalue weighted by Crippen LogP contribution is 2.16. The Balaban J connectivity index is 2.02. The summed E-state index contributed by atoms with van der Waals surface area (Å²) in [5, 5.41) is 5.01. The van der Waals surface area contributed by atoms with Crippen LogP contribution >= 0.6 is 11.3 Å². The van der Waals surface area contributed by atoms with Gasteiger partial charge in [-0.15, -0.1) is 11.3 Å². The number of ether oxygens (including phenoxy) is 2. The van der Waals surface area contributed by atoms with Gasteiger partial charge in [-0.05, 0) is 42.6 Å². The Morgan fingerprint density at radius 1 is 1.21 bits per heavy atom. The van der Waals surface area contributed by atoms with E-state index in [-0.39, 0.29) is 12.0 Å². The first-order chi connectivity index (χ1) is 13.5. The molecule has 0 unspecified atom stereocenters. The number of nitrogens with one attached hydrogen (secondary N) is 1. The number of methoxy groups -OCH3 is 2. The molecule has 8 heteroatoms. The van der Waals surface area contributed by atoms with Crippen LogP contribution in [0.5, 0.6) is 5.75 Å². The molecule has 2 aromatic heterocycles. The number of thiophene rings is 1. The van der Waals surface area contributed by atoms with E-state index in [0.717, 1.165) is 4.88 Å². The number of aromatic amines is 1. The van der Waals surface area contributed by atoms with Crippen LogP contribution in [0.2, 0.25) is 0 Å². The molecule has 0 radical (unpaired) electrons. The van der Waals surface area contributed by atoms with Crippen molar-refractivity contribution in [3.05, 3.63) is 68.3 Å². The van der Waals surface area contributed by atoms with Gasteiger partial charge in [-0.2, -0.15) is 0 Å². The molecule has 0 aliphatic heterocycles. The summed E-state index contributed by atoms with van der Waals surface area (Å²) >= 11 is 1.60. The van der Waals surface area contributed by atoms with Crippen LogP contribution in [0.15, 0.2) is 51.6 Å². The molecule has 2 heterocycles. The van der Waals surface area contributed by atoms with Crippen LogP contribution in [0, 0.1) is 0 Å². The minimum absolute atomic E-state index is 0.0455. The van der Waals surface area contributed by atoms with E-state index in [2.05, 4.69) is 10.1 Å². The van der Waals surface area contributed by atoms with Gasteiger partial charge in [0.15, 0.2) is 0 Å². The maximum Gasteiger partial charge on any atom is 0.311 e. The third-order valence-corrected chi connectivity index (χ3v) is 5.12. The summed E-state index contributed by atoms with van der Waals surface area (Å²) < 4.78 is 11.3. The molecule has 0 amide bonds. The molecule has 1 aromatic carbocycles. The third kappa shape index (κ3) is 4.23. The highest BCUT2D eigenvalue weighted by molar-refractivity contribution is 7.09. The first-order valence-electron chi connectivity index (χ1n) is 8.62. The first kappa shape index (κ1) is 19.6. The molecular formula is C20H21N3O4S. The van der Waals surface area contributed by atoms with E-state index in [1.807, 2.05) is 17.5 Å². The van der Waals surface area contributed by atoms with Gasteiger partial charge < -0.3 is 9.47 Å². The fourth-order valence-corrected chi connectivity index (χ4v) is 3.42. The zero-order valence-corrected chi connectivity index (χ0v) is 16.7. The predicted octanol–water partition coefficient (Wildman–Crippen LogP) is 2.96. The molecule has 146 valence electrons. The van der Waals surface area contributed by atoms with Gasteiger partial charge in [0.1, 0.15) is 5.75 Å². The molecule has 0 bridgehead atoms. The highest BCUT2D eigenvalue weighted by atomic mass is 32.1. The summed E-state index contributed by atoms with van der Waals surface area (Å²) in [4.78, 5) is 30.6. The molecule has 0 aliphatic carbocycles. The van der Waals surface area contributed by atoms with E-state index in [1.165, 1.54) is 11.8 Å². The van der Waals surface area contributed by atoms with Gasteiger partial charge in [0.05, 0.1) is 44.1 Å². The zero-order valence-electron chi connectivity index (χ0n) is 15.9. The van der Waals surface area contributed by atoms with Crippen molar-refractivity contribution in [3.63, 3.8) is 0 Å². The van der Waals surface area contributed by atoms with Crippen molar-refractivity contribution in [2.45, 2.75) is 19.9 Å². The van der Waals surface area contributed by atoms with E-state index in [4.69, 9.17) is 9.47 Å². The van der Waals surface area contributed by atoms with Crippen molar-refractivity contribution in [2.24, 2.45) is 4.99 Å². The maximum atomic E-state index is 13.1. The second kappa shape index (κ2) is 8.71. The molecule has 3 aromatic rings. The van der Waals surface area contributed by atoms with Crippen molar-refractivity contribution < 1.29 is 14.3 Å². The van der Waals surface area contributed by atoms with E-state index in [0.29, 0.717) is 35.0 Å². The number of hydrogen-bond acceptors (Lipinski definition) is 6. The quantitative estimate of drug-likeness (QED) is 0.489. The van der Waals surface area contributed by atoms with Gasteiger partial charge >= 0.3 is 5.97 Å². The molecule has 3 rings (SSSR count). The number of hydrogen-bond donors (Lipinski definition) is 1. The molecular weight excluding hydrogens is 378 g/mol. The molecule has 0 spiro atoms. The summed E-state index contributed by atoms with van der Waals surface area (Å²) in [6.45, 7) is 2.26. The summed E-state index contributed by atoms with van der Waals surface area (Å²) in [5.74, 6) is 0.252. The number of aromatic nitrogens is 2. The maximum absolute atomic E-state index is 13.1. The first-order valence-corrected chi connectivity index (χ1v) is 9.50. The van der Waals surface area contributed by atoms with Crippen molar-refractivity contribution in [1.29, 1.82) is 0 Å². The summed E-state index contributed by atoms with van der Waals surface area (Å²) in [6.07, 6.45) is -0.0455. The monoisotopic (exact) mass is 399 g/mol. The Morgan fingerprint density at radius 2 is 1.96 bits per heavy atom. The largest absolute Gasteiger partial charge is 0.497 e. The second-order valence-corrected chi connectivity index (χ2v) is 7.07. The Morgan fingerprint density at radius 3 is 2.57 bits per heavy atom. The normalized spacial score (nSPS) is 11.5. The molecule has 0 atom stereocenters. The summed E-state index contributed by atoms with van der Waals surface area (Å²) in [7, 11) is 2.90. The van der Waals surface area contributed by atoms with Crippen molar-refractivity contribution in [2.75, 3.05) is 14.2 Å². The number of nitrogens with zero attached hydrogens (tertiary/aromatic N) is 2. The third-order valence-electron chi connectivity index (χ3n) is 4.26. The summed E-state index contributed by atoms with van der Waals surface area (Å²) in [5.41, 5.74) is 1.80. The van der Waals surface area contributed by atoms with Crippen LogP contribution in [0.25, 0.3) is 5.69 Å². The average Bonchev–Trinajstić information content (AvgIpc) is 3.34. The SMILES string of the molecule is COC(=O)Cc1[nH]n(-c2ccc(OC)cc2)c(=O)c1C(C)=NCc1cccs1. The molecule has 0 fully saturated rings. The predicted molar refractivity (Wildman–Crippen MR) is 109 cm³/mol. The Labute approximate surface area is 166 Å². The minimum Gasteiger partial charge on any atom is -0.497 e. The molecule has 7 nitrogen and oxygen atoms in total. The van der Waals surface area contributed by atoms with E-state index in [1.54, 1.807) is 49.6 Å². The van der Waals surface area contributed by atoms with Gasteiger partial charge in [0.25, 0.3) is 5.56 Å². The summed E-state index contributed by atoms with van der Waals surface area (Å²) in [6, 6.07) is 11.0. The number of aliphatic imine (C=N–C) groups is 1. The molecule has 28 heavy (non-hydrogen) atoms. The smallest absolute Gasteiger partial charge is 0.311 e. The van der Waals surface area contributed by atoms with Gasteiger partial charge in [0, 0.05) is 10.6 Å². The van der Waals surface area contributed by atoms with Gasteiger partial charge in [0.2, 0.25) is 0 Å².